The highest BCUT2D eigenvalue weighted by atomic mass is 32.1. The first-order valence-corrected chi connectivity index (χ1v) is 5.69. The van der Waals surface area contributed by atoms with Gasteiger partial charge in [-0.25, -0.2) is 4.79 Å². The second-order valence-electron chi connectivity index (χ2n) is 3.31. The Hall–Kier alpha value is -2.00. The van der Waals surface area contributed by atoms with Crippen LogP contribution in [0, 0.1) is 6.92 Å². The van der Waals surface area contributed by atoms with E-state index in [9.17, 15) is 14.4 Å². The number of aromatic carboxylic acids is 1. The van der Waals surface area contributed by atoms with Gasteiger partial charge in [-0.3, -0.25) is 9.59 Å². The lowest BCUT2D eigenvalue weighted by Crippen LogP contribution is -2.36. The standard InChI is InChI=1S/C9H12N4O4S/c1-4-7(9(16)17)8(18-13-4)12-6(15)3-11-5(14)2-10/h2-3,10H2,1H3,(H,11,14)(H,12,15)(H,16,17). The van der Waals surface area contributed by atoms with Crippen LogP contribution in [0.2, 0.25) is 0 Å². The van der Waals surface area contributed by atoms with Gasteiger partial charge >= 0.3 is 5.97 Å². The SMILES string of the molecule is Cc1nsc(NC(=O)CNC(=O)CN)c1C(=O)O. The van der Waals surface area contributed by atoms with Gasteiger partial charge < -0.3 is 21.5 Å². The number of aromatic nitrogens is 1. The molecule has 1 heterocycles. The summed E-state index contributed by atoms with van der Waals surface area (Å²) in [6.07, 6.45) is 0. The highest BCUT2D eigenvalue weighted by molar-refractivity contribution is 7.11. The number of anilines is 1. The van der Waals surface area contributed by atoms with E-state index in [-0.39, 0.29) is 23.7 Å². The number of carboxylic acids is 1. The maximum atomic E-state index is 11.4. The third kappa shape index (κ3) is 3.50. The van der Waals surface area contributed by atoms with Crippen LogP contribution in [0.4, 0.5) is 5.00 Å². The molecule has 0 aliphatic rings. The minimum absolute atomic E-state index is 0.0431. The average molecular weight is 272 g/mol. The first kappa shape index (κ1) is 14.1. The molecule has 0 aliphatic carbocycles. The molecule has 2 amide bonds. The Bertz CT molecular complexity index is 485. The van der Waals surface area contributed by atoms with E-state index in [4.69, 9.17) is 10.8 Å². The van der Waals surface area contributed by atoms with Crippen LogP contribution in [0.15, 0.2) is 0 Å². The zero-order valence-corrected chi connectivity index (χ0v) is 10.3. The molecule has 0 fully saturated rings. The van der Waals surface area contributed by atoms with Crippen LogP contribution in [-0.2, 0) is 9.59 Å². The molecule has 1 rings (SSSR count). The summed E-state index contributed by atoms with van der Waals surface area (Å²) in [7, 11) is 0. The summed E-state index contributed by atoms with van der Waals surface area (Å²) in [5, 5.41) is 13.7. The maximum Gasteiger partial charge on any atom is 0.340 e. The van der Waals surface area contributed by atoms with Crippen molar-refractivity contribution in [3.63, 3.8) is 0 Å². The van der Waals surface area contributed by atoms with Gasteiger partial charge in [-0.2, -0.15) is 4.37 Å². The Balaban J connectivity index is 2.65. The molecule has 1 aromatic rings. The lowest BCUT2D eigenvalue weighted by Gasteiger charge is -2.04. The Morgan fingerprint density at radius 1 is 1.39 bits per heavy atom. The monoisotopic (exact) mass is 272 g/mol. The van der Waals surface area contributed by atoms with Crippen LogP contribution >= 0.6 is 11.5 Å². The zero-order valence-electron chi connectivity index (χ0n) is 9.52. The van der Waals surface area contributed by atoms with Crippen molar-refractivity contribution in [1.82, 2.24) is 9.69 Å². The lowest BCUT2D eigenvalue weighted by molar-refractivity contribution is -0.123. The number of aryl methyl sites for hydroxylation is 1. The number of nitrogens with one attached hydrogen (secondary N) is 2. The van der Waals surface area contributed by atoms with Crippen molar-refractivity contribution in [3.05, 3.63) is 11.3 Å². The van der Waals surface area contributed by atoms with E-state index in [2.05, 4.69) is 15.0 Å². The lowest BCUT2D eigenvalue weighted by atomic mass is 10.2. The van der Waals surface area contributed by atoms with Gasteiger partial charge in [0.15, 0.2) is 0 Å². The van der Waals surface area contributed by atoms with Crippen LogP contribution < -0.4 is 16.4 Å². The number of carbonyl (C=O) groups is 3. The minimum atomic E-state index is -1.16. The second-order valence-corrected chi connectivity index (χ2v) is 4.08. The number of hydrogen-bond donors (Lipinski definition) is 4. The van der Waals surface area contributed by atoms with Crippen molar-refractivity contribution in [3.8, 4) is 0 Å². The fraction of sp³-hybridized carbons (Fsp3) is 0.333. The largest absolute Gasteiger partial charge is 0.478 e. The molecular formula is C9H12N4O4S. The van der Waals surface area contributed by atoms with E-state index in [0.717, 1.165) is 11.5 Å². The Morgan fingerprint density at radius 3 is 2.61 bits per heavy atom. The highest BCUT2D eigenvalue weighted by Crippen LogP contribution is 2.24. The van der Waals surface area contributed by atoms with Gasteiger partial charge in [-0.1, -0.05) is 0 Å². The van der Waals surface area contributed by atoms with Crippen LogP contribution in [0.5, 0.6) is 0 Å². The first-order chi connectivity index (χ1) is 8.45. The molecular weight excluding hydrogens is 260 g/mol. The number of carbonyl (C=O) groups excluding carboxylic acids is 2. The van der Waals surface area contributed by atoms with E-state index in [0.29, 0.717) is 5.69 Å². The van der Waals surface area contributed by atoms with E-state index in [1.807, 2.05) is 0 Å². The average Bonchev–Trinajstić information content (AvgIpc) is 2.67. The third-order valence-corrected chi connectivity index (χ3v) is 2.81. The van der Waals surface area contributed by atoms with E-state index in [1.165, 1.54) is 6.92 Å². The van der Waals surface area contributed by atoms with E-state index in [1.54, 1.807) is 0 Å². The normalized spacial score (nSPS) is 9.89. The van der Waals surface area contributed by atoms with E-state index >= 15 is 0 Å². The zero-order chi connectivity index (χ0) is 13.7. The molecule has 18 heavy (non-hydrogen) atoms. The summed E-state index contributed by atoms with van der Waals surface area (Å²) in [5.74, 6) is -2.17. The predicted octanol–water partition coefficient (Wildman–Crippen LogP) is -0.837. The smallest absolute Gasteiger partial charge is 0.340 e. The number of rotatable bonds is 5. The number of nitrogens with two attached hydrogens (primary N) is 1. The highest BCUT2D eigenvalue weighted by Gasteiger charge is 2.19. The van der Waals surface area contributed by atoms with Gasteiger partial charge in [-0.15, -0.1) is 0 Å². The van der Waals surface area contributed by atoms with Crippen molar-refractivity contribution in [2.75, 3.05) is 18.4 Å². The van der Waals surface area contributed by atoms with Gasteiger partial charge in [-0.05, 0) is 18.5 Å². The van der Waals surface area contributed by atoms with Crippen molar-refractivity contribution in [2.45, 2.75) is 6.92 Å². The van der Waals surface area contributed by atoms with Crippen molar-refractivity contribution in [2.24, 2.45) is 5.73 Å². The molecule has 5 N–H and O–H groups in total. The molecule has 0 saturated carbocycles. The molecule has 0 bridgehead atoms. The summed E-state index contributed by atoms with van der Waals surface area (Å²) >= 11 is 0.873. The van der Waals surface area contributed by atoms with E-state index < -0.39 is 17.8 Å². The summed E-state index contributed by atoms with van der Waals surface area (Å²) in [4.78, 5) is 33.2. The van der Waals surface area contributed by atoms with Crippen LogP contribution in [-0.4, -0.2) is 40.4 Å². The van der Waals surface area contributed by atoms with Crippen molar-refractivity contribution >= 4 is 34.3 Å². The Morgan fingerprint density at radius 2 is 2.06 bits per heavy atom. The third-order valence-electron chi connectivity index (χ3n) is 1.96. The van der Waals surface area contributed by atoms with Gasteiger partial charge in [0, 0.05) is 0 Å². The quantitative estimate of drug-likeness (QED) is 0.552. The van der Waals surface area contributed by atoms with Gasteiger partial charge in [0.1, 0.15) is 10.6 Å². The van der Waals surface area contributed by atoms with Crippen LogP contribution in [0.1, 0.15) is 16.1 Å². The molecule has 0 aromatic carbocycles. The number of nitrogens with zero attached hydrogens (tertiary/aromatic N) is 1. The molecule has 0 saturated heterocycles. The Kier molecular flexibility index (Phi) is 4.75. The number of hydrogen-bond acceptors (Lipinski definition) is 6. The van der Waals surface area contributed by atoms with Gasteiger partial charge in [0.25, 0.3) is 0 Å². The van der Waals surface area contributed by atoms with Crippen LogP contribution in [0.3, 0.4) is 0 Å². The molecule has 0 atom stereocenters. The predicted molar refractivity (Wildman–Crippen MR) is 64.5 cm³/mol. The topological polar surface area (TPSA) is 134 Å². The molecule has 9 heteroatoms. The summed E-state index contributed by atoms with van der Waals surface area (Å²) in [5.41, 5.74) is 5.33. The molecule has 8 nitrogen and oxygen atoms in total. The van der Waals surface area contributed by atoms with Crippen molar-refractivity contribution in [1.29, 1.82) is 0 Å². The number of amides is 2. The summed E-state index contributed by atoms with van der Waals surface area (Å²) in [6, 6.07) is 0. The minimum Gasteiger partial charge on any atom is -0.478 e. The molecule has 98 valence electrons. The Labute approximate surface area is 106 Å². The maximum absolute atomic E-state index is 11.4. The van der Waals surface area contributed by atoms with Crippen molar-refractivity contribution < 1.29 is 19.5 Å². The fourth-order valence-corrected chi connectivity index (χ4v) is 1.93. The molecule has 1 aromatic heterocycles. The van der Waals surface area contributed by atoms with Gasteiger partial charge in [0.05, 0.1) is 18.8 Å². The molecule has 0 spiro atoms. The molecule has 0 radical (unpaired) electrons. The molecule has 0 unspecified atom stereocenters. The number of carboxylic acid groups (broad SMARTS) is 1. The molecule has 0 aliphatic heterocycles. The summed E-state index contributed by atoms with van der Waals surface area (Å²) < 4.78 is 3.84. The second kappa shape index (κ2) is 6.07. The fourth-order valence-electron chi connectivity index (χ4n) is 1.13. The summed E-state index contributed by atoms with van der Waals surface area (Å²) in [6.45, 7) is 1.05. The first-order valence-electron chi connectivity index (χ1n) is 4.92. The van der Waals surface area contributed by atoms with Gasteiger partial charge in [0.2, 0.25) is 11.8 Å². The van der Waals surface area contributed by atoms with Crippen LogP contribution in [0.25, 0.3) is 0 Å².